The maximum atomic E-state index is 12.7. The molecule has 3 heterocycles. The van der Waals surface area contributed by atoms with Gasteiger partial charge in [-0.25, -0.2) is 0 Å². The number of hydrogen-bond acceptors (Lipinski definition) is 18. The van der Waals surface area contributed by atoms with E-state index in [4.69, 9.17) is 28.4 Å². The molecule has 7 fully saturated rings. The van der Waals surface area contributed by atoms with Gasteiger partial charge >= 0.3 is 0 Å². The van der Waals surface area contributed by atoms with Crippen LogP contribution >= 0.6 is 0 Å². The standard InChI is InChI=1S/C48H82O18/c1-21(2)11-10-14-48(9,66-42-38(60)35(57)32(54)26(19-49)63-42)23-12-16-46(7)30(23)24(51)17-28-45(6)15-13-29(52)44(4,5)40(45)25(18-47(28,46)8)62-43-39(36(58)33(55)27(20-50)64-43)65-41-37(59)34(56)31(53)22(3)61-41/h10,14,21-43,49-60H,11-13,15-20H2,1-9H3/b14-10+/t22-,23-,24+,25-,26+,27+,28+,29-,30-,31-,32+,33+,34+,35-,36-,37+,38+,39+,40-,41-,42-,43+,45+,46+,47+,48-/m0/s1. The molecule has 0 amide bonds. The average Bonchev–Trinajstić information content (AvgIpc) is 3.64. The number of fused-ring (bicyclic) bond motifs is 5. The van der Waals surface area contributed by atoms with Crippen molar-refractivity contribution < 1.29 is 89.7 Å². The Bertz CT molecular complexity index is 1680. The number of aliphatic hydroxyl groups is 12. The van der Waals surface area contributed by atoms with Crippen molar-refractivity contribution in [2.75, 3.05) is 13.2 Å². The molecule has 18 nitrogen and oxygen atoms in total. The summed E-state index contributed by atoms with van der Waals surface area (Å²) in [5, 5.41) is 132. The zero-order chi connectivity index (χ0) is 48.8. The zero-order valence-corrected chi connectivity index (χ0v) is 40.1. The summed E-state index contributed by atoms with van der Waals surface area (Å²) in [4.78, 5) is 0. The fourth-order valence-electron chi connectivity index (χ4n) is 14.7. The largest absolute Gasteiger partial charge is 0.394 e. The molecule has 4 aliphatic carbocycles. The second kappa shape index (κ2) is 19.2. The highest BCUT2D eigenvalue weighted by atomic mass is 16.8. The monoisotopic (exact) mass is 947 g/mol. The number of hydrogen-bond donors (Lipinski definition) is 12. The van der Waals surface area contributed by atoms with Gasteiger partial charge in [-0.05, 0) is 110 Å². The van der Waals surface area contributed by atoms with Crippen LogP contribution in [0.4, 0.5) is 0 Å². The summed E-state index contributed by atoms with van der Waals surface area (Å²) in [6, 6.07) is 0. The molecule has 4 saturated carbocycles. The van der Waals surface area contributed by atoms with E-state index in [9.17, 15) is 61.3 Å². The summed E-state index contributed by atoms with van der Waals surface area (Å²) in [5.74, 6) is -0.921. The minimum Gasteiger partial charge on any atom is -0.394 e. The predicted molar refractivity (Wildman–Crippen MR) is 233 cm³/mol. The number of allylic oxidation sites excluding steroid dienone is 1. The Balaban J connectivity index is 1.27. The maximum absolute atomic E-state index is 12.7. The third-order valence-corrected chi connectivity index (χ3v) is 18.5. The van der Waals surface area contributed by atoms with E-state index in [1.165, 1.54) is 6.92 Å². The molecule has 18 heteroatoms. The lowest BCUT2D eigenvalue weighted by Gasteiger charge is -2.72. The SMILES string of the molecule is CC(C)C/C=C/[C@](C)(O[C@@H]1O[C@H](CO)[C@@H](O)[C@H](O)[C@H]1O)[C@H]1CC[C@]2(C)[C@@H]1[C@H](O)C[C@@H]1[C@@]3(C)CC[C@H](O)C(C)(C)[C@@H]3[C@@H](O[C@@H]3O[C@H](CO)[C@@H](O)[C@H](O)[C@H]3O[C@@H]3O[C@@H](C)[C@H](O)[C@@H](O)[C@H]3O)C[C@]12C. The minimum atomic E-state index is -1.75. The van der Waals surface area contributed by atoms with E-state index in [1.54, 1.807) is 0 Å². The second-order valence-corrected chi connectivity index (χ2v) is 23.1. The summed E-state index contributed by atoms with van der Waals surface area (Å²) < 4.78 is 38.0. The van der Waals surface area contributed by atoms with Crippen LogP contribution in [0.15, 0.2) is 12.2 Å². The van der Waals surface area contributed by atoms with Crippen molar-refractivity contribution in [3.63, 3.8) is 0 Å². The van der Waals surface area contributed by atoms with Crippen molar-refractivity contribution in [1.82, 2.24) is 0 Å². The Hall–Kier alpha value is -0.980. The highest BCUT2D eigenvalue weighted by Crippen LogP contribution is 2.76. The lowest BCUT2D eigenvalue weighted by molar-refractivity contribution is -0.382. The van der Waals surface area contributed by atoms with E-state index in [2.05, 4.69) is 34.6 Å². The number of rotatable bonds is 12. The fourth-order valence-corrected chi connectivity index (χ4v) is 14.7. The zero-order valence-electron chi connectivity index (χ0n) is 40.1. The Kier molecular flexibility index (Phi) is 15.4. The molecule has 0 bridgehead atoms. The van der Waals surface area contributed by atoms with Gasteiger partial charge in [-0.2, -0.15) is 0 Å². The van der Waals surface area contributed by atoms with E-state index in [-0.39, 0.29) is 17.8 Å². The summed E-state index contributed by atoms with van der Waals surface area (Å²) in [6.45, 7) is 16.9. The molecule has 66 heavy (non-hydrogen) atoms. The molecule has 382 valence electrons. The molecular weight excluding hydrogens is 865 g/mol. The summed E-state index contributed by atoms with van der Waals surface area (Å²) in [7, 11) is 0. The summed E-state index contributed by atoms with van der Waals surface area (Å²) in [6.07, 6.45) is -17.0. The second-order valence-electron chi connectivity index (χ2n) is 23.1. The van der Waals surface area contributed by atoms with Crippen molar-refractivity contribution in [3.8, 4) is 0 Å². The normalized spacial score (nSPS) is 53.8. The van der Waals surface area contributed by atoms with Gasteiger partial charge in [-0.15, -0.1) is 0 Å². The minimum absolute atomic E-state index is 0.0946. The van der Waals surface area contributed by atoms with E-state index in [0.717, 1.165) is 0 Å². The van der Waals surface area contributed by atoms with E-state index < -0.39 is 157 Å². The fraction of sp³-hybridized carbons (Fsp3) is 0.958. The van der Waals surface area contributed by atoms with Gasteiger partial charge in [0.25, 0.3) is 0 Å². The first-order valence-electron chi connectivity index (χ1n) is 24.4. The van der Waals surface area contributed by atoms with Crippen molar-refractivity contribution in [1.29, 1.82) is 0 Å². The molecule has 12 N–H and O–H groups in total. The van der Waals surface area contributed by atoms with Crippen molar-refractivity contribution in [2.24, 2.45) is 51.2 Å². The molecule has 0 spiro atoms. The van der Waals surface area contributed by atoms with Gasteiger partial charge in [0.1, 0.15) is 67.1 Å². The lowest BCUT2D eigenvalue weighted by Crippen LogP contribution is -2.71. The van der Waals surface area contributed by atoms with Crippen molar-refractivity contribution >= 4 is 0 Å². The summed E-state index contributed by atoms with van der Waals surface area (Å²) >= 11 is 0. The molecule has 0 radical (unpaired) electrons. The predicted octanol–water partition coefficient (Wildman–Crippen LogP) is -0.172. The topological polar surface area (TPSA) is 298 Å². The maximum Gasteiger partial charge on any atom is 0.187 e. The Morgan fingerprint density at radius 2 is 1.27 bits per heavy atom. The van der Waals surface area contributed by atoms with Crippen LogP contribution in [0.5, 0.6) is 0 Å². The molecule has 0 aromatic rings. The molecule has 0 unspecified atom stereocenters. The molecule has 3 saturated heterocycles. The third-order valence-electron chi connectivity index (χ3n) is 18.5. The van der Waals surface area contributed by atoms with Crippen LogP contribution in [0, 0.1) is 51.2 Å². The van der Waals surface area contributed by atoms with Crippen LogP contribution in [0.1, 0.15) is 107 Å². The molecule has 3 aliphatic heterocycles. The van der Waals surface area contributed by atoms with Gasteiger partial charge in [0.05, 0.1) is 43.2 Å². The summed E-state index contributed by atoms with van der Waals surface area (Å²) in [5.41, 5.74) is -3.70. The molecule has 7 aliphatic rings. The first-order valence-corrected chi connectivity index (χ1v) is 24.4. The molecule has 0 aromatic heterocycles. The lowest BCUT2D eigenvalue weighted by atomic mass is 9.34. The van der Waals surface area contributed by atoms with Crippen LogP contribution in [0.2, 0.25) is 0 Å². The van der Waals surface area contributed by atoms with Gasteiger partial charge in [-0.3, -0.25) is 0 Å². The molecule has 7 rings (SSSR count). The van der Waals surface area contributed by atoms with Gasteiger partial charge in [-0.1, -0.05) is 60.6 Å². The van der Waals surface area contributed by atoms with Gasteiger partial charge in [0, 0.05) is 0 Å². The van der Waals surface area contributed by atoms with Crippen LogP contribution < -0.4 is 0 Å². The average molecular weight is 947 g/mol. The van der Waals surface area contributed by atoms with Crippen LogP contribution in [-0.4, -0.2) is 191 Å². The van der Waals surface area contributed by atoms with E-state index >= 15 is 0 Å². The highest BCUT2D eigenvalue weighted by Gasteiger charge is 2.74. The third kappa shape index (κ3) is 8.69. The van der Waals surface area contributed by atoms with Crippen molar-refractivity contribution in [2.45, 2.75) is 223 Å². The van der Waals surface area contributed by atoms with Crippen LogP contribution in [0.3, 0.4) is 0 Å². The highest BCUT2D eigenvalue weighted by molar-refractivity contribution is 5.23. The van der Waals surface area contributed by atoms with Gasteiger partial charge in [0.15, 0.2) is 18.9 Å². The smallest absolute Gasteiger partial charge is 0.187 e. The van der Waals surface area contributed by atoms with Crippen LogP contribution in [0.25, 0.3) is 0 Å². The van der Waals surface area contributed by atoms with Gasteiger partial charge in [0.2, 0.25) is 0 Å². The number of ether oxygens (including phenoxy) is 6. The van der Waals surface area contributed by atoms with Crippen molar-refractivity contribution in [3.05, 3.63) is 12.2 Å². The van der Waals surface area contributed by atoms with Crippen LogP contribution in [-0.2, 0) is 28.4 Å². The van der Waals surface area contributed by atoms with Gasteiger partial charge < -0.3 is 89.7 Å². The van der Waals surface area contributed by atoms with E-state index in [1.807, 2.05) is 32.9 Å². The Morgan fingerprint density at radius 3 is 1.89 bits per heavy atom. The molecule has 0 aromatic carbocycles. The quantitative estimate of drug-likeness (QED) is 0.0893. The Labute approximate surface area is 388 Å². The first-order chi connectivity index (χ1) is 30.7. The first kappa shape index (κ1) is 52.8. The molecule has 26 atom stereocenters. The molecular formula is C48H82O18. The van der Waals surface area contributed by atoms with E-state index in [0.29, 0.717) is 50.9 Å². The number of aliphatic hydroxyl groups excluding tert-OH is 12. The Morgan fingerprint density at radius 1 is 0.682 bits per heavy atom.